The van der Waals surface area contributed by atoms with Crippen molar-refractivity contribution >= 4 is 29.1 Å². The quantitative estimate of drug-likeness (QED) is 0.779. The maximum Gasteiger partial charge on any atom is 0.265 e. The molecule has 0 unspecified atom stereocenters. The second-order valence-electron chi connectivity index (χ2n) is 6.72. The first kappa shape index (κ1) is 16.8. The van der Waals surface area contributed by atoms with Gasteiger partial charge in [-0.25, -0.2) is 9.29 Å². The number of hydrogen-bond acceptors (Lipinski definition) is 4. The average Bonchev–Trinajstić information content (AvgIpc) is 2.89. The van der Waals surface area contributed by atoms with E-state index in [0.717, 1.165) is 30.2 Å². The Morgan fingerprint density at radius 3 is 2.31 bits per heavy atom. The second kappa shape index (κ2) is 6.23. The fourth-order valence-electron chi connectivity index (χ4n) is 3.81. The van der Waals surface area contributed by atoms with E-state index in [1.165, 1.54) is 11.0 Å². The van der Waals surface area contributed by atoms with Gasteiger partial charge in [0.1, 0.15) is 5.75 Å². The van der Waals surface area contributed by atoms with Gasteiger partial charge in [-0.15, -0.1) is 0 Å². The van der Waals surface area contributed by atoms with Crippen LogP contribution in [0.15, 0.2) is 23.3 Å². The van der Waals surface area contributed by atoms with Crippen molar-refractivity contribution in [2.45, 2.75) is 39.0 Å². The molecule has 26 heavy (non-hydrogen) atoms. The molecule has 0 saturated carbocycles. The van der Waals surface area contributed by atoms with E-state index >= 15 is 0 Å². The molecular formula is C19H19FN2O4. The average molecular weight is 358 g/mol. The summed E-state index contributed by atoms with van der Waals surface area (Å²) >= 11 is 0. The Morgan fingerprint density at radius 1 is 1.04 bits per heavy atom. The molecule has 1 aromatic rings. The topological polar surface area (TPSA) is 66.9 Å². The standard InChI is InChI=1S/C19H19FN2O4/c1-2-7-21-15-9-14(13(20)8-16(15)26-10-17(21)23)22-18(24)11-5-3-4-6-12(11)19(22)25/h8-9H,2-7,10H2,1H3. The Bertz CT molecular complexity index is 833. The highest BCUT2D eigenvalue weighted by Gasteiger charge is 2.41. The number of anilines is 2. The van der Waals surface area contributed by atoms with Crippen LogP contribution in [0.2, 0.25) is 0 Å². The molecule has 3 aliphatic rings. The smallest absolute Gasteiger partial charge is 0.265 e. The van der Waals surface area contributed by atoms with Gasteiger partial charge < -0.3 is 9.64 Å². The lowest BCUT2D eigenvalue weighted by atomic mass is 9.93. The summed E-state index contributed by atoms with van der Waals surface area (Å²) in [5.74, 6) is -1.59. The molecule has 0 radical (unpaired) electrons. The van der Waals surface area contributed by atoms with Crippen LogP contribution >= 0.6 is 0 Å². The largest absolute Gasteiger partial charge is 0.481 e. The maximum absolute atomic E-state index is 14.7. The normalized spacial score (nSPS) is 19.7. The predicted molar refractivity (Wildman–Crippen MR) is 92.5 cm³/mol. The Labute approximate surface area is 150 Å². The molecule has 0 atom stereocenters. The Hall–Kier alpha value is -2.70. The molecule has 1 aliphatic carbocycles. The number of benzene rings is 1. The van der Waals surface area contributed by atoms with E-state index in [1.807, 2.05) is 6.92 Å². The number of fused-ring (bicyclic) bond motifs is 1. The van der Waals surface area contributed by atoms with E-state index in [-0.39, 0.29) is 24.0 Å². The highest BCUT2D eigenvalue weighted by molar-refractivity contribution is 6.33. The number of carbonyl (C=O) groups is 3. The summed E-state index contributed by atoms with van der Waals surface area (Å²) in [5.41, 5.74) is 1.27. The number of amides is 3. The molecule has 0 fully saturated rings. The van der Waals surface area contributed by atoms with E-state index in [9.17, 15) is 18.8 Å². The molecule has 2 heterocycles. The molecule has 0 bridgehead atoms. The van der Waals surface area contributed by atoms with Crippen molar-refractivity contribution in [3.05, 3.63) is 29.1 Å². The summed E-state index contributed by atoms with van der Waals surface area (Å²) in [6.45, 7) is 2.23. The monoisotopic (exact) mass is 358 g/mol. The molecule has 2 aliphatic heterocycles. The fourth-order valence-corrected chi connectivity index (χ4v) is 3.81. The van der Waals surface area contributed by atoms with Crippen molar-refractivity contribution in [1.82, 2.24) is 0 Å². The first-order chi connectivity index (χ1) is 12.5. The van der Waals surface area contributed by atoms with Crippen LogP contribution < -0.4 is 14.5 Å². The van der Waals surface area contributed by atoms with Gasteiger partial charge in [0.25, 0.3) is 17.7 Å². The van der Waals surface area contributed by atoms with Crippen LogP contribution in [-0.4, -0.2) is 30.9 Å². The second-order valence-corrected chi connectivity index (χ2v) is 6.72. The van der Waals surface area contributed by atoms with Crippen LogP contribution in [0.25, 0.3) is 0 Å². The fraction of sp³-hybridized carbons (Fsp3) is 0.421. The van der Waals surface area contributed by atoms with Crippen molar-refractivity contribution in [2.75, 3.05) is 23.0 Å². The van der Waals surface area contributed by atoms with Gasteiger partial charge >= 0.3 is 0 Å². The van der Waals surface area contributed by atoms with Crippen LogP contribution in [0.4, 0.5) is 15.8 Å². The summed E-state index contributed by atoms with van der Waals surface area (Å²) in [5, 5.41) is 0. The van der Waals surface area contributed by atoms with Gasteiger partial charge in [0, 0.05) is 23.8 Å². The van der Waals surface area contributed by atoms with Gasteiger partial charge in [-0.3, -0.25) is 14.4 Å². The lowest BCUT2D eigenvalue weighted by Gasteiger charge is -2.30. The van der Waals surface area contributed by atoms with Crippen LogP contribution in [0.3, 0.4) is 0 Å². The first-order valence-electron chi connectivity index (χ1n) is 8.90. The number of nitrogens with zero attached hydrogens (tertiary/aromatic N) is 2. The molecule has 6 nitrogen and oxygen atoms in total. The van der Waals surface area contributed by atoms with Crippen LogP contribution in [0, 0.1) is 5.82 Å². The number of ether oxygens (including phenoxy) is 1. The van der Waals surface area contributed by atoms with Gasteiger partial charge in [-0.1, -0.05) is 6.92 Å². The van der Waals surface area contributed by atoms with Gasteiger partial charge in [0.2, 0.25) is 0 Å². The Balaban J connectivity index is 1.78. The number of imide groups is 1. The van der Waals surface area contributed by atoms with E-state index < -0.39 is 17.6 Å². The highest BCUT2D eigenvalue weighted by atomic mass is 19.1. The summed E-state index contributed by atoms with van der Waals surface area (Å²) in [6.07, 6.45) is 3.52. The molecule has 0 saturated heterocycles. The van der Waals surface area contributed by atoms with Crippen molar-refractivity contribution in [3.63, 3.8) is 0 Å². The van der Waals surface area contributed by atoms with Crippen LogP contribution in [-0.2, 0) is 14.4 Å². The molecule has 1 aromatic carbocycles. The third-order valence-electron chi connectivity index (χ3n) is 5.05. The third kappa shape index (κ3) is 2.41. The minimum Gasteiger partial charge on any atom is -0.481 e. The Kier molecular flexibility index (Phi) is 4.01. The molecule has 7 heteroatoms. The van der Waals surface area contributed by atoms with E-state index in [2.05, 4.69) is 0 Å². The number of carbonyl (C=O) groups excluding carboxylic acids is 3. The molecule has 0 aromatic heterocycles. The van der Waals surface area contributed by atoms with Crippen LogP contribution in [0.1, 0.15) is 39.0 Å². The summed E-state index contributed by atoms with van der Waals surface area (Å²) < 4.78 is 20.0. The maximum atomic E-state index is 14.7. The zero-order valence-electron chi connectivity index (χ0n) is 14.5. The molecule has 4 rings (SSSR count). The molecule has 136 valence electrons. The van der Waals surface area contributed by atoms with Crippen molar-refractivity contribution < 1.29 is 23.5 Å². The predicted octanol–water partition coefficient (Wildman–Crippen LogP) is 2.70. The van der Waals surface area contributed by atoms with E-state index in [4.69, 9.17) is 4.74 Å². The lowest BCUT2D eigenvalue weighted by molar-refractivity contribution is -0.122. The summed E-state index contributed by atoms with van der Waals surface area (Å²) in [7, 11) is 0. The molecule has 3 amide bonds. The zero-order chi connectivity index (χ0) is 18.4. The number of rotatable bonds is 3. The number of halogens is 1. The third-order valence-corrected chi connectivity index (χ3v) is 5.05. The molecular weight excluding hydrogens is 339 g/mol. The van der Waals surface area contributed by atoms with Crippen molar-refractivity contribution in [3.8, 4) is 5.75 Å². The minimum atomic E-state index is -0.712. The molecule has 0 N–H and O–H groups in total. The van der Waals surface area contributed by atoms with Crippen molar-refractivity contribution in [2.24, 2.45) is 0 Å². The summed E-state index contributed by atoms with van der Waals surface area (Å²) in [4.78, 5) is 40.0. The van der Waals surface area contributed by atoms with Crippen LogP contribution in [0.5, 0.6) is 5.75 Å². The minimum absolute atomic E-state index is 0.118. The van der Waals surface area contributed by atoms with Gasteiger partial charge in [0.15, 0.2) is 12.4 Å². The molecule has 0 spiro atoms. The highest BCUT2D eigenvalue weighted by Crippen LogP contribution is 2.41. The number of hydrogen-bond donors (Lipinski definition) is 0. The lowest BCUT2D eigenvalue weighted by Crippen LogP contribution is -2.40. The SMILES string of the molecule is CCCN1C(=O)COc2cc(F)c(N3C(=O)C4=C(CCCC4)C3=O)cc21. The van der Waals surface area contributed by atoms with Gasteiger partial charge in [-0.2, -0.15) is 0 Å². The van der Waals surface area contributed by atoms with Gasteiger partial charge in [-0.05, 0) is 38.2 Å². The summed E-state index contributed by atoms with van der Waals surface area (Å²) in [6, 6.07) is 2.53. The first-order valence-corrected chi connectivity index (χ1v) is 8.90. The van der Waals surface area contributed by atoms with Crippen molar-refractivity contribution in [1.29, 1.82) is 0 Å². The Morgan fingerprint density at radius 2 is 1.69 bits per heavy atom. The van der Waals surface area contributed by atoms with E-state index in [1.54, 1.807) is 0 Å². The van der Waals surface area contributed by atoms with Gasteiger partial charge in [0.05, 0.1) is 11.4 Å². The van der Waals surface area contributed by atoms with E-state index in [0.29, 0.717) is 36.2 Å². The zero-order valence-corrected chi connectivity index (χ0v) is 14.5.